The van der Waals surface area contributed by atoms with Crippen molar-refractivity contribution in [2.45, 2.75) is 32.7 Å². The lowest BCUT2D eigenvalue weighted by Crippen LogP contribution is -2.25. The highest BCUT2D eigenvalue weighted by atomic mass is 19.1. The highest BCUT2D eigenvalue weighted by molar-refractivity contribution is 5.77. The standard InChI is InChI=1S/C21H21FN2O2/c1-14-20(24-15(2)26-14)13-23-21(25)12-19(16-6-4-3-5-7-16)17-8-10-18(22)11-9-17/h3-11,19H,12-13H2,1-2H3,(H,23,25)/t19-/m0/s1. The van der Waals surface area contributed by atoms with Gasteiger partial charge in [0.1, 0.15) is 17.3 Å². The molecule has 1 atom stereocenters. The summed E-state index contributed by atoms with van der Waals surface area (Å²) >= 11 is 0. The Bertz CT molecular complexity index is 873. The average molecular weight is 352 g/mol. The topological polar surface area (TPSA) is 55.1 Å². The van der Waals surface area contributed by atoms with E-state index in [1.807, 2.05) is 37.3 Å². The Kier molecular flexibility index (Phi) is 5.46. The molecule has 0 fully saturated rings. The SMILES string of the molecule is Cc1nc(CNC(=O)C[C@@H](c2ccccc2)c2ccc(F)cc2)c(C)o1. The molecule has 134 valence electrons. The molecular weight excluding hydrogens is 331 g/mol. The monoisotopic (exact) mass is 352 g/mol. The summed E-state index contributed by atoms with van der Waals surface area (Å²) in [5.74, 6) is 0.767. The number of hydrogen-bond donors (Lipinski definition) is 1. The van der Waals surface area contributed by atoms with E-state index in [-0.39, 0.29) is 24.1 Å². The lowest BCUT2D eigenvalue weighted by molar-refractivity contribution is -0.121. The minimum absolute atomic E-state index is 0.0942. The fourth-order valence-electron chi connectivity index (χ4n) is 2.98. The largest absolute Gasteiger partial charge is 0.446 e. The molecule has 1 heterocycles. The Labute approximate surface area is 152 Å². The number of benzene rings is 2. The van der Waals surface area contributed by atoms with Crippen LogP contribution in [0.1, 0.15) is 40.8 Å². The first-order chi connectivity index (χ1) is 12.5. The van der Waals surface area contributed by atoms with E-state index in [9.17, 15) is 9.18 Å². The number of oxazole rings is 1. The third kappa shape index (κ3) is 4.36. The van der Waals surface area contributed by atoms with Gasteiger partial charge in [-0.15, -0.1) is 0 Å². The van der Waals surface area contributed by atoms with Gasteiger partial charge >= 0.3 is 0 Å². The maximum atomic E-state index is 13.3. The zero-order valence-corrected chi connectivity index (χ0v) is 14.8. The maximum absolute atomic E-state index is 13.3. The summed E-state index contributed by atoms with van der Waals surface area (Å²) < 4.78 is 18.6. The molecular formula is C21H21FN2O2. The molecule has 0 radical (unpaired) electrons. The molecule has 3 rings (SSSR count). The van der Waals surface area contributed by atoms with E-state index in [1.54, 1.807) is 19.1 Å². The molecule has 0 saturated carbocycles. The molecule has 0 aliphatic heterocycles. The van der Waals surface area contributed by atoms with Crippen LogP contribution in [0.5, 0.6) is 0 Å². The van der Waals surface area contributed by atoms with Crippen molar-refractivity contribution >= 4 is 5.91 Å². The van der Waals surface area contributed by atoms with Gasteiger partial charge in [0.25, 0.3) is 0 Å². The van der Waals surface area contributed by atoms with Crippen LogP contribution in [-0.4, -0.2) is 10.9 Å². The van der Waals surface area contributed by atoms with Gasteiger partial charge in [-0.25, -0.2) is 9.37 Å². The van der Waals surface area contributed by atoms with Gasteiger partial charge in [-0.3, -0.25) is 4.79 Å². The summed E-state index contributed by atoms with van der Waals surface area (Å²) in [6.45, 7) is 3.93. The molecule has 4 nitrogen and oxygen atoms in total. The molecule has 1 aromatic heterocycles. The molecule has 3 aromatic rings. The van der Waals surface area contributed by atoms with Crippen molar-refractivity contribution in [1.82, 2.24) is 10.3 Å². The Morgan fingerprint density at radius 3 is 2.35 bits per heavy atom. The molecule has 0 unspecified atom stereocenters. The minimum Gasteiger partial charge on any atom is -0.446 e. The zero-order chi connectivity index (χ0) is 18.5. The fraction of sp³-hybridized carbons (Fsp3) is 0.238. The van der Waals surface area contributed by atoms with Crippen molar-refractivity contribution in [3.8, 4) is 0 Å². The van der Waals surface area contributed by atoms with Gasteiger partial charge in [-0.2, -0.15) is 0 Å². The van der Waals surface area contributed by atoms with Crippen LogP contribution in [0.2, 0.25) is 0 Å². The molecule has 0 saturated heterocycles. The normalized spacial score (nSPS) is 12.0. The fourth-order valence-corrected chi connectivity index (χ4v) is 2.98. The van der Waals surface area contributed by atoms with Gasteiger partial charge in [0.05, 0.1) is 6.54 Å². The van der Waals surface area contributed by atoms with E-state index in [0.717, 1.165) is 16.8 Å². The number of nitrogens with zero attached hydrogens (tertiary/aromatic N) is 1. The number of carbonyl (C=O) groups excluding carboxylic acids is 1. The second-order valence-electron chi connectivity index (χ2n) is 6.23. The number of hydrogen-bond acceptors (Lipinski definition) is 3. The van der Waals surface area contributed by atoms with E-state index in [2.05, 4.69) is 10.3 Å². The van der Waals surface area contributed by atoms with Gasteiger partial charge in [0, 0.05) is 19.3 Å². The van der Waals surface area contributed by atoms with Gasteiger partial charge < -0.3 is 9.73 Å². The lowest BCUT2D eigenvalue weighted by atomic mass is 9.88. The van der Waals surface area contributed by atoms with Gasteiger partial charge in [-0.1, -0.05) is 42.5 Å². The minimum atomic E-state index is -0.290. The maximum Gasteiger partial charge on any atom is 0.221 e. The summed E-state index contributed by atoms with van der Waals surface area (Å²) in [4.78, 5) is 16.8. The smallest absolute Gasteiger partial charge is 0.221 e. The van der Waals surface area contributed by atoms with Gasteiger partial charge in [0.15, 0.2) is 5.89 Å². The number of carbonyl (C=O) groups is 1. The number of amides is 1. The summed E-state index contributed by atoms with van der Waals surface area (Å²) in [5.41, 5.74) is 2.65. The number of halogens is 1. The van der Waals surface area contributed by atoms with Crippen LogP contribution in [0.15, 0.2) is 59.0 Å². The Morgan fingerprint density at radius 2 is 1.73 bits per heavy atom. The van der Waals surface area contributed by atoms with Crippen LogP contribution in [-0.2, 0) is 11.3 Å². The van der Waals surface area contributed by atoms with E-state index in [1.165, 1.54) is 12.1 Å². The molecule has 5 heteroatoms. The highest BCUT2D eigenvalue weighted by Crippen LogP contribution is 2.28. The Balaban J connectivity index is 1.74. The molecule has 0 aliphatic carbocycles. The number of nitrogens with one attached hydrogen (secondary N) is 1. The predicted octanol–water partition coefficient (Wildman–Crippen LogP) is 4.27. The summed E-state index contributed by atoms with van der Waals surface area (Å²) in [6, 6.07) is 16.1. The summed E-state index contributed by atoms with van der Waals surface area (Å²) in [6.07, 6.45) is 0.269. The number of aryl methyl sites for hydroxylation is 2. The first kappa shape index (κ1) is 17.9. The van der Waals surface area contributed by atoms with E-state index >= 15 is 0 Å². The number of aromatic nitrogens is 1. The molecule has 1 N–H and O–H groups in total. The summed E-state index contributed by atoms with van der Waals surface area (Å²) in [5, 5.41) is 2.90. The van der Waals surface area contributed by atoms with Crippen LogP contribution in [0.3, 0.4) is 0 Å². The Morgan fingerprint density at radius 1 is 1.08 bits per heavy atom. The van der Waals surface area contributed by atoms with Crippen molar-refractivity contribution in [2.24, 2.45) is 0 Å². The first-order valence-corrected chi connectivity index (χ1v) is 8.53. The van der Waals surface area contributed by atoms with Crippen molar-refractivity contribution in [1.29, 1.82) is 0 Å². The quantitative estimate of drug-likeness (QED) is 0.721. The second kappa shape index (κ2) is 7.95. The average Bonchev–Trinajstić information content (AvgIpc) is 2.97. The third-order valence-corrected chi connectivity index (χ3v) is 4.32. The van der Waals surface area contributed by atoms with Crippen molar-refractivity contribution < 1.29 is 13.6 Å². The Hall–Kier alpha value is -2.95. The molecule has 2 aromatic carbocycles. The highest BCUT2D eigenvalue weighted by Gasteiger charge is 2.19. The molecule has 1 amide bonds. The molecule has 0 spiro atoms. The van der Waals surface area contributed by atoms with Crippen LogP contribution >= 0.6 is 0 Å². The van der Waals surface area contributed by atoms with E-state index < -0.39 is 0 Å². The molecule has 0 aliphatic rings. The molecule has 0 bridgehead atoms. The first-order valence-electron chi connectivity index (χ1n) is 8.53. The predicted molar refractivity (Wildman–Crippen MR) is 97.1 cm³/mol. The lowest BCUT2D eigenvalue weighted by Gasteiger charge is -2.18. The van der Waals surface area contributed by atoms with Gasteiger partial charge in [-0.05, 0) is 30.2 Å². The van der Waals surface area contributed by atoms with Gasteiger partial charge in [0.2, 0.25) is 5.91 Å². The molecule has 26 heavy (non-hydrogen) atoms. The van der Waals surface area contributed by atoms with E-state index in [0.29, 0.717) is 18.2 Å². The number of rotatable bonds is 6. The van der Waals surface area contributed by atoms with E-state index in [4.69, 9.17) is 4.42 Å². The van der Waals surface area contributed by atoms with Crippen LogP contribution in [0.25, 0.3) is 0 Å². The summed E-state index contributed by atoms with van der Waals surface area (Å²) in [7, 11) is 0. The van der Waals surface area contributed by atoms with Crippen LogP contribution in [0, 0.1) is 19.7 Å². The van der Waals surface area contributed by atoms with Crippen molar-refractivity contribution in [3.63, 3.8) is 0 Å². The van der Waals surface area contributed by atoms with Crippen molar-refractivity contribution in [2.75, 3.05) is 0 Å². The van der Waals surface area contributed by atoms with Crippen LogP contribution in [0.4, 0.5) is 4.39 Å². The second-order valence-corrected chi connectivity index (χ2v) is 6.23. The van der Waals surface area contributed by atoms with Crippen molar-refractivity contribution in [3.05, 3.63) is 88.9 Å². The van der Waals surface area contributed by atoms with Crippen LogP contribution < -0.4 is 5.32 Å². The third-order valence-electron chi connectivity index (χ3n) is 4.32. The zero-order valence-electron chi connectivity index (χ0n) is 14.8.